The molecule has 0 fully saturated rings. The zero-order chi connectivity index (χ0) is 11.5. The maximum absolute atomic E-state index is 5.67. The van der Waals surface area contributed by atoms with Gasteiger partial charge >= 0.3 is 0 Å². The van der Waals surface area contributed by atoms with E-state index in [9.17, 15) is 0 Å². The Kier molecular flexibility index (Phi) is 3.30. The van der Waals surface area contributed by atoms with E-state index in [0.29, 0.717) is 12.0 Å². The number of hydrogen-bond donors (Lipinski definition) is 1. The molecule has 2 nitrogen and oxygen atoms in total. The topological polar surface area (TPSA) is 21.3 Å². The number of rotatable bonds is 3. The molecule has 2 rings (SSSR count). The van der Waals surface area contributed by atoms with E-state index in [1.54, 1.807) is 0 Å². The third-order valence-corrected chi connectivity index (χ3v) is 3.25. The van der Waals surface area contributed by atoms with Crippen molar-refractivity contribution in [3.8, 4) is 5.75 Å². The third kappa shape index (κ3) is 1.98. The molecule has 0 bridgehead atoms. The summed E-state index contributed by atoms with van der Waals surface area (Å²) in [5, 5.41) is 3.36. The molecule has 0 spiro atoms. The minimum Gasteiger partial charge on any atom is -0.493 e. The van der Waals surface area contributed by atoms with Crippen LogP contribution >= 0.6 is 0 Å². The van der Waals surface area contributed by atoms with Gasteiger partial charge in [0.25, 0.3) is 0 Å². The molecule has 1 heterocycles. The summed E-state index contributed by atoms with van der Waals surface area (Å²) in [5.41, 5.74) is 2.49. The van der Waals surface area contributed by atoms with Crippen molar-refractivity contribution in [1.29, 1.82) is 0 Å². The second kappa shape index (κ2) is 4.71. The van der Waals surface area contributed by atoms with Crippen molar-refractivity contribution in [1.82, 2.24) is 5.32 Å². The van der Waals surface area contributed by atoms with E-state index >= 15 is 0 Å². The van der Waals surface area contributed by atoms with Crippen molar-refractivity contribution in [2.24, 2.45) is 0 Å². The van der Waals surface area contributed by atoms with E-state index < -0.39 is 0 Å². The molecule has 1 N–H and O–H groups in total. The van der Waals surface area contributed by atoms with Crippen molar-refractivity contribution in [2.45, 2.75) is 25.3 Å². The average Bonchev–Trinajstić information content (AvgIpc) is 2.30. The van der Waals surface area contributed by atoms with Crippen LogP contribution < -0.4 is 10.1 Å². The molecule has 0 saturated carbocycles. The summed E-state index contributed by atoms with van der Waals surface area (Å²) in [6.07, 6.45) is 1.05. The molecular formula is C14H19NO. The summed E-state index contributed by atoms with van der Waals surface area (Å²) < 4.78 is 5.67. The normalized spacial score (nSPS) is 20.8. The Morgan fingerprint density at radius 2 is 2.25 bits per heavy atom. The van der Waals surface area contributed by atoms with Crippen LogP contribution in [0.5, 0.6) is 5.75 Å². The predicted molar refractivity (Wildman–Crippen MR) is 67.0 cm³/mol. The van der Waals surface area contributed by atoms with Crippen LogP contribution in [0, 0.1) is 0 Å². The smallest absolute Gasteiger partial charge is 0.122 e. The second-order valence-electron chi connectivity index (χ2n) is 4.39. The molecule has 0 aromatic heterocycles. The standard InChI is InChI=1S/C14H19NO/c1-10(2)14(15-3)12-8-9-16-13-7-5-4-6-11(12)13/h4-7,12,14-15H,1,8-9H2,2-3H3. The van der Waals surface area contributed by atoms with Crippen molar-refractivity contribution in [3.63, 3.8) is 0 Å². The Morgan fingerprint density at radius 3 is 2.94 bits per heavy atom. The van der Waals surface area contributed by atoms with E-state index in [1.165, 1.54) is 11.1 Å². The highest BCUT2D eigenvalue weighted by atomic mass is 16.5. The molecule has 16 heavy (non-hydrogen) atoms. The Hall–Kier alpha value is -1.28. The molecule has 1 aromatic carbocycles. The van der Waals surface area contributed by atoms with Gasteiger partial charge in [0.2, 0.25) is 0 Å². The zero-order valence-corrected chi connectivity index (χ0v) is 9.99. The number of benzene rings is 1. The minimum atomic E-state index is 0.338. The lowest BCUT2D eigenvalue weighted by Crippen LogP contribution is -2.35. The monoisotopic (exact) mass is 217 g/mol. The lowest BCUT2D eigenvalue weighted by molar-refractivity contribution is 0.254. The molecule has 1 aliphatic rings. The Morgan fingerprint density at radius 1 is 1.50 bits per heavy atom. The molecule has 0 saturated heterocycles. The minimum absolute atomic E-state index is 0.338. The van der Waals surface area contributed by atoms with Gasteiger partial charge in [0.05, 0.1) is 6.61 Å². The number of ether oxygens (including phenoxy) is 1. The van der Waals surface area contributed by atoms with Crippen LogP contribution in [0.3, 0.4) is 0 Å². The summed E-state index contributed by atoms with van der Waals surface area (Å²) in [7, 11) is 2.00. The number of para-hydroxylation sites is 1. The van der Waals surface area contributed by atoms with Crippen molar-refractivity contribution < 1.29 is 4.74 Å². The van der Waals surface area contributed by atoms with Gasteiger partial charge in [-0.2, -0.15) is 0 Å². The van der Waals surface area contributed by atoms with Gasteiger partial charge < -0.3 is 10.1 Å². The molecule has 1 aliphatic heterocycles. The fourth-order valence-corrected chi connectivity index (χ4v) is 2.51. The zero-order valence-electron chi connectivity index (χ0n) is 9.99. The van der Waals surface area contributed by atoms with Gasteiger partial charge in [-0.25, -0.2) is 0 Å². The van der Waals surface area contributed by atoms with Gasteiger partial charge in [-0.15, -0.1) is 0 Å². The van der Waals surface area contributed by atoms with Crippen LogP contribution in [0.25, 0.3) is 0 Å². The summed E-state index contributed by atoms with van der Waals surface area (Å²) in [6, 6.07) is 8.64. The van der Waals surface area contributed by atoms with Crippen LogP contribution in [-0.2, 0) is 0 Å². The predicted octanol–water partition coefficient (Wildman–Crippen LogP) is 2.72. The maximum atomic E-state index is 5.67. The Bertz CT molecular complexity index is 386. The summed E-state index contributed by atoms with van der Waals surface area (Å²) in [4.78, 5) is 0. The highest BCUT2D eigenvalue weighted by molar-refractivity contribution is 5.40. The molecule has 2 unspecified atom stereocenters. The van der Waals surface area contributed by atoms with E-state index in [0.717, 1.165) is 18.8 Å². The molecule has 0 radical (unpaired) electrons. The molecule has 2 heteroatoms. The SMILES string of the molecule is C=C(C)C(NC)C1CCOc2ccccc21. The van der Waals surface area contributed by atoms with Crippen LogP contribution in [0.2, 0.25) is 0 Å². The van der Waals surface area contributed by atoms with Crippen LogP contribution in [0.4, 0.5) is 0 Å². The number of fused-ring (bicyclic) bond motifs is 1. The summed E-state index contributed by atoms with van der Waals surface area (Å²) in [6.45, 7) is 6.95. The molecule has 0 aliphatic carbocycles. The van der Waals surface area contributed by atoms with Gasteiger partial charge in [0.1, 0.15) is 5.75 Å². The Labute approximate surface area is 97.3 Å². The lowest BCUT2D eigenvalue weighted by Gasteiger charge is -2.32. The van der Waals surface area contributed by atoms with Gasteiger partial charge in [-0.1, -0.05) is 30.4 Å². The lowest BCUT2D eigenvalue weighted by atomic mass is 9.84. The van der Waals surface area contributed by atoms with Crippen LogP contribution in [0.15, 0.2) is 36.4 Å². The van der Waals surface area contributed by atoms with Crippen molar-refractivity contribution in [3.05, 3.63) is 42.0 Å². The van der Waals surface area contributed by atoms with Crippen molar-refractivity contribution in [2.75, 3.05) is 13.7 Å². The van der Waals surface area contributed by atoms with Crippen molar-refractivity contribution >= 4 is 0 Å². The highest BCUT2D eigenvalue weighted by Crippen LogP contribution is 2.36. The van der Waals surface area contributed by atoms with Gasteiger partial charge in [0.15, 0.2) is 0 Å². The first-order valence-corrected chi connectivity index (χ1v) is 5.78. The first-order valence-electron chi connectivity index (χ1n) is 5.78. The molecule has 86 valence electrons. The largest absolute Gasteiger partial charge is 0.493 e. The highest BCUT2D eigenvalue weighted by Gasteiger charge is 2.28. The number of hydrogen-bond acceptors (Lipinski definition) is 2. The average molecular weight is 217 g/mol. The van der Waals surface area contributed by atoms with Gasteiger partial charge in [0, 0.05) is 12.0 Å². The quantitative estimate of drug-likeness (QED) is 0.786. The molecule has 0 amide bonds. The first kappa shape index (κ1) is 11.2. The van der Waals surface area contributed by atoms with E-state index in [2.05, 4.69) is 31.0 Å². The Balaban J connectivity index is 2.34. The second-order valence-corrected chi connectivity index (χ2v) is 4.39. The van der Waals surface area contributed by atoms with E-state index in [-0.39, 0.29) is 0 Å². The summed E-state index contributed by atoms with van der Waals surface area (Å²) >= 11 is 0. The van der Waals surface area contributed by atoms with E-state index in [4.69, 9.17) is 4.74 Å². The fraction of sp³-hybridized carbons (Fsp3) is 0.429. The molecule has 2 atom stereocenters. The van der Waals surface area contributed by atoms with E-state index in [1.807, 2.05) is 19.2 Å². The van der Waals surface area contributed by atoms with Crippen LogP contribution in [-0.4, -0.2) is 19.7 Å². The van der Waals surface area contributed by atoms with Crippen LogP contribution in [0.1, 0.15) is 24.8 Å². The number of likely N-dealkylation sites (N-methyl/N-ethyl adjacent to an activating group) is 1. The number of nitrogens with one attached hydrogen (secondary N) is 1. The summed E-state index contributed by atoms with van der Waals surface area (Å²) in [5.74, 6) is 1.51. The fourth-order valence-electron chi connectivity index (χ4n) is 2.51. The first-order chi connectivity index (χ1) is 7.74. The van der Waals surface area contributed by atoms with Gasteiger partial charge in [-0.3, -0.25) is 0 Å². The molecular weight excluding hydrogens is 198 g/mol. The molecule has 1 aromatic rings. The maximum Gasteiger partial charge on any atom is 0.122 e. The van der Waals surface area contributed by atoms with Gasteiger partial charge in [-0.05, 0) is 32.0 Å². The third-order valence-electron chi connectivity index (χ3n) is 3.25.